The van der Waals surface area contributed by atoms with E-state index in [0.29, 0.717) is 0 Å². The standard InChI is InChI=1S/C16H25BrN2S/c1-2-8-18-12-9-13-4-3-5-14(10-12)19(13)11-15-6-7-16(17)20-15/h6-7,12-14,18H,2-5,8-11H2,1H3. The lowest BCUT2D eigenvalue weighted by atomic mass is 9.81. The molecule has 2 fully saturated rings. The molecule has 1 N–H and O–H groups in total. The van der Waals surface area contributed by atoms with Gasteiger partial charge in [0.25, 0.3) is 0 Å². The Bertz CT molecular complexity index is 420. The first-order valence-corrected chi connectivity index (χ1v) is 9.60. The van der Waals surface area contributed by atoms with E-state index in [-0.39, 0.29) is 0 Å². The van der Waals surface area contributed by atoms with E-state index in [1.54, 1.807) is 0 Å². The van der Waals surface area contributed by atoms with Gasteiger partial charge in [0.2, 0.25) is 0 Å². The zero-order chi connectivity index (χ0) is 13.9. The van der Waals surface area contributed by atoms with Crippen LogP contribution < -0.4 is 5.32 Å². The van der Waals surface area contributed by atoms with Crippen molar-refractivity contribution in [3.05, 3.63) is 20.8 Å². The Balaban J connectivity index is 1.64. The molecule has 4 heteroatoms. The Labute approximate surface area is 135 Å². The van der Waals surface area contributed by atoms with Crippen LogP contribution in [-0.2, 0) is 6.54 Å². The minimum Gasteiger partial charge on any atom is -0.314 e. The van der Waals surface area contributed by atoms with Crippen LogP contribution >= 0.6 is 27.3 Å². The average Bonchev–Trinajstić information content (AvgIpc) is 2.82. The van der Waals surface area contributed by atoms with Gasteiger partial charge in [-0.15, -0.1) is 11.3 Å². The summed E-state index contributed by atoms with van der Waals surface area (Å²) in [4.78, 5) is 4.31. The largest absolute Gasteiger partial charge is 0.314 e. The highest BCUT2D eigenvalue weighted by Gasteiger charge is 2.37. The summed E-state index contributed by atoms with van der Waals surface area (Å²) in [6, 6.07) is 6.84. The van der Waals surface area contributed by atoms with E-state index >= 15 is 0 Å². The van der Waals surface area contributed by atoms with Crippen molar-refractivity contribution in [2.45, 2.75) is 70.1 Å². The Kier molecular flexibility index (Phi) is 5.18. The predicted octanol–water partition coefficient (Wildman–Crippen LogP) is 4.40. The molecular formula is C16H25BrN2S. The second-order valence-electron chi connectivity index (χ2n) is 6.24. The molecule has 0 aromatic carbocycles. The molecule has 20 heavy (non-hydrogen) atoms. The summed E-state index contributed by atoms with van der Waals surface area (Å²) in [5.74, 6) is 0. The molecule has 3 heterocycles. The zero-order valence-electron chi connectivity index (χ0n) is 12.3. The number of fused-ring (bicyclic) bond motifs is 2. The van der Waals surface area contributed by atoms with Crippen LogP contribution in [0.4, 0.5) is 0 Å². The molecule has 1 aromatic rings. The van der Waals surface area contributed by atoms with Crippen molar-refractivity contribution in [1.82, 2.24) is 10.2 Å². The summed E-state index contributed by atoms with van der Waals surface area (Å²) in [7, 11) is 0. The lowest BCUT2D eigenvalue weighted by Gasteiger charge is -2.49. The number of hydrogen-bond donors (Lipinski definition) is 1. The number of nitrogens with one attached hydrogen (secondary N) is 1. The fourth-order valence-electron chi connectivity index (χ4n) is 3.87. The molecule has 1 aromatic heterocycles. The first kappa shape index (κ1) is 15.0. The van der Waals surface area contributed by atoms with Crippen LogP contribution in [0.3, 0.4) is 0 Å². The van der Waals surface area contributed by atoms with Gasteiger partial charge in [-0.2, -0.15) is 0 Å². The Morgan fingerprint density at radius 2 is 2.05 bits per heavy atom. The minimum atomic E-state index is 0.761. The lowest BCUT2D eigenvalue weighted by Crippen LogP contribution is -2.55. The lowest BCUT2D eigenvalue weighted by molar-refractivity contribution is 0.0185. The Morgan fingerprint density at radius 1 is 1.30 bits per heavy atom. The minimum absolute atomic E-state index is 0.761. The predicted molar refractivity (Wildman–Crippen MR) is 90.3 cm³/mol. The van der Waals surface area contributed by atoms with Gasteiger partial charge >= 0.3 is 0 Å². The second kappa shape index (κ2) is 6.91. The summed E-state index contributed by atoms with van der Waals surface area (Å²) < 4.78 is 1.26. The molecule has 2 aliphatic heterocycles. The number of hydrogen-bond acceptors (Lipinski definition) is 3. The van der Waals surface area contributed by atoms with Crippen LogP contribution in [0.5, 0.6) is 0 Å². The molecule has 0 amide bonds. The molecular weight excluding hydrogens is 332 g/mol. The van der Waals surface area contributed by atoms with Gasteiger partial charge in [0.05, 0.1) is 3.79 Å². The summed E-state index contributed by atoms with van der Waals surface area (Å²) in [5, 5.41) is 3.76. The Morgan fingerprint density at radius 3 is 2.65 bits per heavy atom. The molecule has 2 aliphatic rings. The van der Waals surface area contributed by atoms with E-state index < -0.39 is 0 Å². The number of nitrogens with zero attached hydrogens (tertiary/aromatic N) is 1. The van der Waals surface area contributed by atoms with Crippen LogP contribution in [0.2, 0.25) is 0 Å². The third kappa shape index (κ3) is 3.46. The SMILES string of the molecule is CCCNC1CC2CCCC(C1)N2Cc1ccc(Br)s1. The third-order valence-electron chi connectivity index (χ3n) is 4.78. The van der Waals surface area contributed by atoms with Crippen molar-refractivity contribution in [3.63, 3.8) is 0 Å². The third-order valence-corrected chi connectivity index (χ3v) is 6.38. The van der Waals surface area contributed by atoms with Gasteiger partial charge < -0.3 is 5.32 Å². The zero-order valence-corrected chi connectivity index (χ0v) is 14.7. The van der Waals surface area contributed by atoms with Gasteiger partial charge in [-0.1, -0.05) is 13.3 Å². The molecule has 112 valence electrons. The van der Waals surface area contributed by atoms with Crippen LogP contribution in [0.1, 0.15) is 50.3 Å². The Hall–Kier alpha value is 0.1000. The molecule has 2 unspecified atom stereocenters. The average molecular weight is 357 g/mol. The topological polar surface area (TPSA) is 15.3 Å². The van der Waals surface area contributed by atoms with Crippen molar-refractivity contribution in [2.24, 2.45) is 0 Å². The van der Waals surface area contributed by atoms with Crippen LogP contribution in [0.15, 0.2) is 15.9 Å². The van der Waals surface area contributed by atoms with Gasteiger partial charge in [0.15, 0.2) is 0 Å². The molecule has 2 bridgehead atoms. The monoisotopic (exact) mass is 356 g/mol. The van der Waals surface area contributed by atoms with Gasteiger partial charge in [0.1, 0.15) is 0 Å². The first-order chi connectivity index (χ1) is 9.76. The maximum absolute atomic E-state index is 3.76. The van der Waals surface area contributed by atoms with E-state index in [1.165, 1.54) is 53.7 Å². The number of piperidine rings is 2. The molecule has 0 saturated carbocycles. The van der Waals surface area contributed by atoms with E-state index in [9.17, 15) is 0 Å². The van der Waals surface area contributed by atoms with Crippen LogP contribution in [0, 0.1) is 0 Å². The highest BCUT2D eigenvalue weighted by Crippen LogP contribution is 2.36. The molecule has 2 atom stereocenters. The van der Waals surface area contributed by atoms with E-state index in [0.717, 1.165) is 24.7 Å². The quantitative estimate of drug-likeness (QED) is 0.841. The highest BCUT2D eigenvalue weighted by molar-refractivity contribution is 9.11. The maximum atomic E-state index is 3.76. The molecule has 0 aliphatic carbocycles. The van der Waals surface area contributed by atoms with Gasteiger partial charge in [-0.05, 0) is 66.7 Å². The molecule has 2 saturated heterocycles. The normalized spacial score (nSPS) is 30.6. The molecule has 0 radical (unpaired) electrons. The number of thiophene rings is 1. The van der Waals surface area contributed by atoms with E-state index in [4.69, 9.17) is 0 Å². The van der Waals surface area contributed by atoms with Gasteiger partial charge in [-0.3, -0.25) is 4.90 Å². The van der Waals surface area contributed by atoms with Gasteiger partial charge in [0, 0.05) is 29.5 Å². The molecule has 0 spiro atoms. The fourth-order valence-corrected chi connectivity index (χ4v) is 5.36. The summed E-state index contributed by atoms with van der Waals surface area (Å²) >= 11 is 5.48. The van der Waals surface area contributed by atoms with E-state index in [2.05, 4.69) is 45.2 Å². The number of halogens is 1. The second-order valence-corrected chi connectivity index (χ2v) is 8.79. The van der Waals surface area contributed by atoms with Crippen LogP contribution in [0.25, 0.3) is 0 Å². The highest BCUT2D eigenvalue weighted by atomic mass is 79.9. The summed E-state index contributed by atoms with van der Waals surface area (Å²) in [6.07, 6.45) is 8.17. The summed E-state index contributed by atoms with van der Waals surface area (Å²) in [5.41, 5.74) is 0. The molecule has 3 rings (SSSR count). The van der Waals surface area contributed by atoms with Crippen molar-refractivity contribution >= 4 is 27.3 Å². The van der Waals surface area contributed by atoms with E-state index in [1.807, 2.05) is 11.3 Å². The fraction of sp³-hybridized carbons (Fsp3) is 0.750. The summed E-state index contributed by atoms with van der Waals surface area (Å²) in [6.45, 7) is 4.60. The van der Waals surface area contributed by atoms with Crippen molar-refractivity contribution < 1.29 is 0 Å². The number of rotatable bonds is 5. The van der Waals surface area contributed by atoms with Crippen molar-refractivity contribution in [2.75, 3.05) is 6.54 Å². The maximum Gasteiger partial charge on any atom is 0.0701 e. The molecule has 2 nitrogen and oxygen atoms in total. The van der Waals surface area contributed by atoms with Crippen LogP contribution in [-0.4, -0.2) is 29.6 Å². The van der Waals surface area contributed by atoms with Crippen molar-refractivity contribution in [3.8, 4) is 0 Å². The first-order valence-electron chi connectivity index (χ1n) is 7.99. The van der Waals surface area contributed by atoms with Crippen molar-refractivity contribution in [1.29, 1.82) is 0 Å². The smallest absolute Gasteiger partial charge is 0.0701 e. The van der Waals surface area contributed by atoms with Gasteiger partial charge in [-0.25, -0.2) is 0 Å².